The summed E-state index contributed by atoms with van der Waals surface area (Å²) in [7, 11) is 0. The van der Waals surface area contributed by atoms with Crippen molar-refractivity contribution in [3.63, 3.8) is 0 Å². The molecule has 0 aliphatic heterocycles. The van der Waals surface area contributed by atoms with Crippen LogP contribution in [0.1, 0.15) is 50.8 Å². The molecule has 2 aromatic carbocycles. The summed E-state index contributed by atoms with van der Waals surface area (Å²) in [6, 6.07) is 15.1. The van der Waals surface area contributed by atoms with Gasteiger partial charge in [-0.3, -0.25) is 4.79 Å². The lowest BCUT2D eigenvalue weighted by Crippen LogP contribution is -2.20. The molecule has 34 heavy (non-hydrogen) atoms. The van der Waals surface area contributed by atoms with E-state index in [1.165, 1.54) is 28.3 Å². The Morgan fingerprint density at radius 1 is 1.12 bits per heavy atom. The molecule has 0 bridgehead atoms. The van der Waals surface area contributed by atoms with Gasteiger partial charge in [-0.2, -0.15) is 5.10 Å². The number of aryl methyl sites for hydroxylation is 2. The molecular formula is C27H25F2N3O2. The van der Waals surface area contributed by atoms with Gasteiger partial charge in [-0.05, 0) is 61.1 Å². The molecule has 7 heteroatoms. The van der Waals surface area contributed by atoms with E-state index in [0.717, 1.165) is 17.5 Å². The number of nitrogens with zero attached hydrogens (tertiary/aromatic N) is 2. The summed E-state index contributed by atoms with van der Waals surface area (Å²) in [4.78, 5) is 13.4. The summed E-state index contributed by atoms with van der Waals surface area (Å²) < 4.78 is 35.4. The van der Waals surface area contributed by atoms with E-state index in [-0.39, 0.29) is 29.9 Å². The van der Waals surface area contributed by atoms with E-state index in [1.54, 1.807) is 13.0 Å². The van der Waals surface area contributed by atoms with Crippen LogP contribution in [0, 0.1) is 31.4 Å². The van der Waals surface area contributed by atoms with Gasteiger partial charge in [0, 0.05) is 18.5 Å². The summed E-state index contributed by atoms with van der Waals surface area (Å²) in [5.41, 5.74) is 11.1. The molecular weight excluding hydrogens is 436 g/mol. The van der Waals surface area contributed by atoms with E-state index in [1.807, 2.05) is 31.2 Å². The molecule has 0 radical (unpaired) electrons. The summed E-state index contributed by atoms with van der Waals surface area (Å²) in [5.74, 6) is -1.05. The Morgan fingerprint density at radius 2 is 1.85 bits per heavy atom. The lowest BCUT2D eigenvalue weighted by atomic mass is 9.92. The van der Waals surface area contributed by atoms with Gasteiger partial charge in [0.05, 0.1) is 22.3 Å². The molecule has 2 aromatic heterocycles. The Morgan fingerprint density at radius 3 is 2.59 bits per heavy atom. The highest BCUT2D eigenvalue weighted by molar-refractivity contribution is 6.03. The lowest BCUT2D eigenvalue weighted by molar-refractivity contribution is 0.0958. The summed E-state index contributed by atoms with van der Waals surface area (Å²) in [6.45, 7) is 3.35. The monoisotopic (exact) mass is 461 g/mol. The van der Waals surface area contributed by atoms with Gasteiger partial charge >= 0.3 is 0 Å². The number of fused-ring (bicyclic) bond motifs is 2. The molecule has 2 atom stereocenters. The number of aromatic nitrogens is 2. The first-order valence-corrected chi connectivity index (χ1v) is 11.3. The lowest BCUT2D eigenvalue weighted by Gasteiger charge is -2.15. The van der Waals surface area contributed by atoms with E-state index in [2.05, 4.69) is 11.2 Å². The first-order valence-electron chi connectivity index (χ1n) is 11.3. The Kier molecular flexibility index (Phi) is 5.65. The van der Waals surface area contributed by atoms with E-state index < -0.39 is 11.6 Å². The fourth-order valence-electron chi connectivity index (χ4n) is 4.87. The van der Waals surface area contributed by atoms with Crippen molar-refractivity contribution in [3.8, 4) is 5.88 Å². The van der Waals surface area contributed by atoms with Crippen LogP contribution in [0.15, 0.2) is 54.6 Å². The molecule has 2 heterocycles. The van der Waals surface area contributed by atoms with Crippen molar-refractivity contribution in [2.24, 2.45) is 11.7 Å². The predicted molar refractivity (Wildman–Crippen MR) is 125 cm³/mol. The number of halogens is 2. The minimum Gasteiger partial charge on any atom is -0.473 e. The van der Waals surface area contributed by atoms with E-state index in [4.69, 9.17) is 10.5 Å². The van der Waals surface area contributed by atoms with Crippen molar-refractivity contribution in [1.82, 2.24) is 9.61 Å². The van der Waals surface area contributed by atoms with Crippen molar-refractivity contribution < 1.29 is 18.3 Å². The average molecular weight is 462 g/mol. The van der Waals surface area contributed by atoms with Crippen molar-refractivity contribution in [1.29, 1.82) is 0 Å². The molecule has 5 nitrogen and oxygen atoms in total. The van der Waals surface area contributed by atoms with Gasteiger partial charge < -0.3 is 10.5 Å². The third-order valence-electron chi connectivity index (χ3n) is 6.58. The number of nitrogens with two attached hydrogens (primary N) is 1. The van der Waals surface area contributed by atoms with Gasteiger partial charge in [-0.25, -0.2) is 13.3 Å². The number of ether oxygens (including phenoxy) is 1. The van der Waals surface area contributed by atoms with E-state index in [0.29, 0.717) is 29.1 Å². The maximum absolute atomic E-state index is 14.0. The third kappa shape index (κ3) is 3.86. The van der Waals surface area contributed by atoms with Crippen LogP contribution in [0.2, 0.25) is 0 Å². The number of pyridine rings is 1. The Balaban J connectivity index is 1.43. The number of Topliss-reactive ketones (excluding diaryl/α,β-unsaturated/α-hetero) is 1. The molecule has 0 fully saturated rings. The highest BCUT2D eigenvalue weighted by Gasteiger charge is 2.32. The molecule has 0 saturated carbocycles. The molecule has 0 saturated heterocycles. The second-order valence-corrected chi connectivity index (χ2v) is 8.93. The molecule has 0 spiro atoms. The summed E-state index contributed by atoms with van der Waals surface area (Å²) in [5, 5.41) is 4.52. The number of rotatable bonds is 6. The molecule has 0 amide bonds. The minimum absolute atomic E-state index is 0.0174. The smallest absolute Gasteiger partial charge is 0.215 e. The maximum Gasteiger partial charge on any atom is 0.215 e. The Hall–Kier alpha value is -3.58. The number of carbonyl (C=O) groups excluding carboxylic acids is 1. The fourth-order valence-corrected chi connectivity index (χ4v) is 4.87. The Labute approximate surface area is 196 Å². The normalized spacial score (nSPS) is 17.2. The van der Waals surface area contributed by atoms with Gasteiger partial charge in [-0.1, -0.05) is 30.3 Å². The van der Waals surface area contributed by atoms with Crippen molar-refractivity contribution >= 4 is 11.3 Å². The first kappa shape index (κ1) is 22.2. The molecule has 2 unspecified atom stereocenters. The van der Waals surface area contributed by atoms with Crippen LogP contribution in [0.3, 0.4) is 0 Å². The zero-order valence-corrected chi connectivity index (χ0v) is 19.0. The van der Waals surface area contributed by atoms with Crippen molar-refractivity contribution in [3.05, 3.63) is 99.7 Å². The van der Waals surface area contributed by atoms with E-state index in [9.17, 15) is 13.6 Å². The number of benzene rings is 2. The van der Waals surface area contributed by atoms with Crippen LogP contribution >= 0.6 is 0 Å². The first-order chi connectivity index (χ1) is 16.3. The van der Waals surface area contributed by atoms with Crippen LogP contribution < -0.4 is 10.5 Å². The highest BCUT2D eigenvalue weighted by atomic mass is 19.1. The molecule has 1 aliphatic carbocycles. The maximum atomic E-state index is 14.0. The SMILES string of the molecule is Cc1cc(OCc2c(F)cccc2F)n2nc(C)c(C(=O)CC3Cc4ccccc4C3N)c2c1. The Bertz CT molecular complexity index is 1390. The summed E-state index contributed by atoms with van der Waals surface area (Å²) in [6.07, 6.45) is 1.07. The second-order valence-electron chi connectivity index (χ2n) is 8.93. The molecule has 5 rings (SSSR count). The number of ketones is 1. The van der Waals surface area contributed by atoms with Crippen LogP contribution in [0.25, 0.3) is 5.52 Å². The fraction of sp³-hybridized carbons (Fsp3) is 0.259. The van der Waals surface area contributed by atoms with Gasteiger partial charge in [0.2, 0.25) is 5.88 Å². The van der Waals surface area contributed by atoms with Gasteiger partial charge in [0.1, 0.15) is 18.2 Å². The highest BCUT2D eigenvalue weighted by Crippen LogP contribution is 2.37. The molecule has 4 aromatic rings. The second kappa shape index (κ2) is 8.65. The van der Waals surface area contributed by atoms with Gasteiger partial charge in [0.15, 0.2) is 5.78 Å². The van der Waals surface area contributed by atoms with Crippen LogP contribution in [0.5, 0.6) is 5.88 Å². The number of carbonyl (C=O) groups is 1. The standard InChI is InChI=1S/C27H25F2N3O2/c1-15-10-23-26(24(33)13-18-12-17-6-3-4-7-19(17)27(18)30)16(2)31-32(23)25(11-15)34-14-20-21(28)8-5-9-22(20)29/h3-11,18,27H,12-14,30H2,1-2H3. The molecule has 174 valence electrons. The quantitative estimate of drug-likeness (QED) is 0.398. The predicted octanol–water partition coefficient (Wildman–Crippen LogP) is 5.25. The topological polar surface area (TPSA) is 69.6 Å². The van der Waals surface area contributed by atoms with Crippen molar-refractivity contribution in [2.45, 2.75) is 39.3 Å². The van der Waals surface area contributed by atoms with Gasteiger partial charge in [-0.15, -0.1) is 0 Å². The van der Waals surface area contributed by atoms with Crippen molar-refractivity contribution in [2.75, 3.05) is 0 Å². The van der Waals surface area contributed by atoms with Crippen LogP contribution in [-0.4, -0.2) is 15.4 Å². The van der Waals surface area contributed by atoms with Crippen LogP contribution in [-0.2, 0) is 13.0 Å². The van der Waals surface area contributed by atoms with E-state index >= 15 is 0 Å². The molecule has 1 aliphatic rings. The average Bonchev–Trinajstić information content (AvgIpc) is 3.29. The number of hydrogen-bond acceptors (Lipinski definition) is 4. The van der Waals surface area contributed by atoms with Crippen LogP contribution in [0.4, 0.5) is 8.78 Å². The number of hydrogen-bond donors (Lipinski definition) is 1. The zero-order chi connectivity index (χ0) is 24.0. The zero-order valence-electron chi connectivity index (χ0n) is 19.0. The minimum atomic E-state index is -0.676. The largest absolute Gasteiger partial charge is 0.473 e. The summed E-state index contributed by atoms with van der Waals surface area (Å²) >= 11 is 0. The van der Waals surface area contributed by atoms with Gasteiger partial charge in [0.25, 0.3) is 0 Å². The third-order valence-corrected chi connectivity index (χ3v) is 6.58. The molecule has 2 N–H and O–H groups in total.